The van der Waals surface area contributed by atoms with Gasteiger partial charge in [-0.05, 0) is 36.4 Å². The molecule has 0 bridgehead atoms. The van der Waals surface area contributed by atoms with Crippen molar-refractivity contribution in [3.05, 3.63) is 59.9 Å². The Morgan fingerprint density at radius 3 is 2.55 bits per heavy atom. The second-order valence-electron chi connectivity index (χ2n) is 4.14. The van der Waals surface area contributed by atoms with E-state index in [0.29, 0.717) is 30.2 Å². The third-order valence-electron chi connectivity index (χ3n) is 2.69. The van der Waals surface area contributed by atoms with Gasteiger partial charge in [0.05, 0.1) is 5.56 Å². The lowest BCUT2D eigenvalue weighted by molar-refractivity contribution is 0.100. The molecule has 0 unspecified atom stereocenters. The Kier molecular flexibility index (Phi) is 4.55. The maximum atomic E-state index is 12.7. The van der Waals surface area contributed by atoms with Crippen molar-refractivity contribution in [2.45, 2.75) is 0 Å². The van der Waals surface area contributed by atoms with Crippen LogP contribution < -0.4 is 15.8 Å². The lowest BCUT2D eigenvalue weighted by Crippen LogP contribution is -2.17. The zero-order chi connectivity index (χ0) is 14.4. The lowest BCUT2D eigenvalue weighted by Gasteiger charge is -2.10. The third-order valence-corrected chi connectivity index (χ3v) is 2.69. The molecule has 0 spiro atoms. The van der Waals surface area contributed by atoms with Gasteiger partial charge in [0.2, 0.25) is 0 Å². The molecular weight excluding hydrogens is 259 g/mol. The van der Waals surface area contributed by atoms with E-state index in [1.165, 1.54) is 12.1 Å². The van der Waals surface area contributed by atoms with Crippen LogP contribution in [0.4, 0.5) is 10.1 Å². The fraction of sp³-hybridized carbons (Fsp3) is 0.133. The Labute approximate surface area is 116 Å². The van der Waals surface area contributed by atoms with Gasteiger partial charge in [-0.15, -0.1) is 0 Å². The number of ether oxygens (including phenoxy) is 1. The molecule has 0 fully saturated rings. The van der Waals surface area contributed by atoms with Crippen molar-refractivity contribution in [2.75, 3.05) is 18.5 Å². The molecule has 5 heteroatoms. The molecule has 0 aliphatic heterocycles. The molecule has 4 nitrogen and oxygen atoms in total. The van der Waals surface area contributed by atoms with Crippen molar-refractivity contribution in [3.63, 3.8) is 0 Å². The molecule has 20 heavy (non-hydrogen) atoms. The first-order chi connectivity index (χ1) is 9.66. The molecule has 104 valence electrons. The maximum absolute atomic E-state index is 12.7. The summed E-state index contributed by atoms with van der Waals surface area (Å²) in [6.45, 7) is 0.889. The number of anilines is 1. The van der Waals surface area contributed by atoms with Gasteiger partial charge < -0.3 is 15.8 Å². The van der Waals surface area contributed by atoms with Crippen LogP contribution in [0.5, 0.6) is 5.75 Å². The number of primary amides is 1. The standard InChI is InChI=1S/C15H15FN2O2/c16-11-5-7-12(8-6-11)20-10-9-18-14-4-2-1-3-13(14)15(17)19/h1-8,18H,9-10H2,(H2,17,19). The van der Waals surface area contributed by atoms with Crippen LogP contribution in [0.2, 0.25) is 0 Å². The number of amides is 1. The van der Waals surface area contributed by atoms with Gasteiger partial charge in [0, 0.05) is 12.2 Å². The van der Waals surface area contributed by atoms with Gasteiger partial charge in [-0.2, -0.15) is 0 Å². The number of halogens is 1. The number of nitrogens with one attached hydrogen (secondary N) is 1. The van der Waals surface area contributed by atoms with E-state index in [9.17, 15) is 9.18 Å². The number of benzene rings is 2. The molecule has 2 rings (SSSR count). The first kappa shape index (κ1) is 13.9. The van der Waals surface area contributed by atoms with Crippen LogP contribution in [0.1, 0.15) is 10.4 Å². The lowest BCUT2D eigenvalue weighted by atomic mass is 10.1. The van der Waals surface area contributed by atoms with E-state index in [-0.39, 0.29) is 5.82 Å². The monoisotopic (exact) mass is 274 g/mol. The van der Waals surface area contributed by atoms with E-state index in [0.717, 1.165) is 0 Å². The van der Waals surface area contributed by atoms with Crippen LogP contribution >= 0.6 is 0 Å². The second-order valence-corrected chi connectivity index (χ2v) is 4.14. The zero-order valence-corrected chi connectivity index (χ0v) is 10.8. The summed E-state index contributed by atoms with van der Waals surface area (Å²) in [7, 11) is 0. The van der Waals surface area contributed by atoms with Gasteiger partial charge in [0.15, 0.2) is 0 Å². The summed E-state index contributed by atoms with van der Waals surface area (Å²) in [5.41, 5.74) is 6.39. The first-order valence-electron chi connectivity index (χ1n) is 6.18. The molecule has 0 aliphatic rings. The molecule has 0 radical (unpaired) electrons. The van der Waals surface area contributed by atoms with Crippen molar-refractivity contribution >= 4 is 11.6 Å². The average molecular weight is 274 g/mol. The molecular formula is C15H15FN2O2. The van der Waals surface area contributed by atoms with Gasteiger partial charge >= 0.3 is 0 Å². The molecule has 2 aromatic rings. The number of hydrogen-bond donors (Lipinski definition) is 2. The van der Waals surface area contributed by atoms with E-state index in [2.05, 4.69) is 5.32 Å². The van der Waals surface area contributed by atoms with Crippen LogP contribution in [-0.2, 0) is 0 Å². The molecule has 1 amide bonds. The van der Waals surface area contributed by atoms with Crippen LogP contribution in [0.3, 0.4) is 0 Å². The van der Waals surface area contributed by atoms with Crippen molar-refractivity contribution in [3.8, 4) is 5.75 Å². The quantitative estimate of drug-likeness (QED) is 0.795. The highest BCUT2D eigenvalue weighted by Gasteiger charge is 2.05. The summed E-state index contributed by atoms with van der Waals surface area (Å²) >= 11 is 0. The minimum absolute atomic E-state index is 0.300. The van der Waals surface area contributed by atoms with Crippen LogP contribution in [0.15, 0.2) is 48.5 Å². The minimum atomic E-state index is -0.479. The van der Waals surface area contributed by atoms with E-state index >= 15 is 0 Å². The largest absolute Gasteiger partial charge is 0.492 e. The number of nitrogens with two attached hydrogens (primary N) is 1. The molecule has 0 aliphatic carbocycles. The van der Waals surface area contributed by atoms with E-state index in [1.807, 2.05) is 6.07 Å². The predicted molar refractivity (Wildman–Crippen MR) is 75.3 cm³/mol. The van der Waals surface area contributed by atoms with Gasteiger partial charge in [-0.3, -0.25) is 4.79 Å². The molecule has 3 N–H and O–H groups in total. The molecule has 0 aromatic heterocycles. The molecule has 0 heterocycles. The SMILES string of the molecule is NC(=O)c1ccccc1NCCOc1ccc(F)cc1. The second kappa shape index (κ2) is 6.56. The fourth-order valence-electron chi connectivity index (χ4n) is 1.74. The molecule has 0 atom stereocenters. The van der Waals surface area contributed by atoms with E-state index < -0.39 is 5.91 Å². The van der Waals surface area contributed by atoms with Crippen LogP contribution in [-0.4, -0.2) is 19.1 Å². The van der Waals surface area contributed by atoms with E-state index in [1.54, 1.807) is 30.3 Å². The zero-order valence-electron chi connectivity index (χ0n) is 10.8. The fourth-order valence-corrected chi connectivity index (χ4v) is 1.74. The molecule has 0 saturated carbocycles. The normalized spacial score (nSPS) is 10.1. The number of para-hydroxylation sites is 1. The third kappa shape index (κ3) is 3.71. The maximum Gasteiger partial charge on any atom is 0.250 e. The Balaban J connectivity index is 1.84. The highest BCUT2D eigenvalue weighted by Crippen LogP contribution is 2.14. The number of rotatable bonds is 6. The summed E-state index contributed by atoms with van der Waals surface area (Å²) in [4.78, 5) is 11.2. The number of carbonyl (C=O) groups excluding carboxylic acids is 1. The number of hydrogen-bond acceptors (Lipinski definition) is 3. The van der Waals surface area contributed by atoms with Crippen molar-refractivity contribution in [1.29, 1.82) is 0 Å². The average Bonchev–Trinajstić information content (AvgIpc) is 2.46. The van der Waals surface area contributed by atoms with Crippen LogP contribution in [0, 0.1) is 5.82 Å². The van der Waals surface area contributed by atoms with Crippen molar-refractivity contribution in [1.82, 2.24) is 0 Å². The number of carbonyl (C=O) groups is 1. The van der Waals surface area contributed by atoms with Crippen molar-refractivity contribution < 1.29 is 13.9 Å². The summed E-state index contributed by atoms with van der Waals surface area (Å²) < 4.78 is 18.1. The van der Waals surface area contributed by atoms with E-state index in [4.69, 9.17) is 10.5 Å². The van der Waals surface area contributed by atoms with Gasteiger partial charge in [-0.25, -0.2) is 4.39 Å². The van der Waals surface area contributed by atoms with Crippen LogP contribution in [0.25, 0.3) is 0 Å². The topological polar surface area (TPSA) is 64.4 Å². The Bertz CT molecular complexity index is 585. The van der Waals surface area contributed by atoms with Gasteiger partial charge in [0.1, 0.15) is 18.2 Å². The Hall–Kier alpha value is -2.56. The summed E-state index contributed by atoms with van der Waals surface area (Å²) in [6, 6.07) is 12.8. The minimum Gasteiger partial charge on any atom is -0.492 e. The predicted octanol–water partition coefficient (Wildman–Crippen LogP) is 2.42. The Morgan fingerprint density at radius 2 is 1.85 bits per heavy atom. The Morgan fingerprint density at radius 1 is 1.15 bits per heavy atom. The summed E-state index contributed by atoms with van der Waals surface area (Å²) in [5, 5.41) is 3.08. The molecule has 2 aromatic carbocycles. The van der Waals surface area contributed by atoms with Gasteiger partial charge in [0.25, 0.3) is 5.91 Å². The highest BCUT2D eigenvalue weighted by atomic mass is 19.1. The smallest absolute Gasteiger partial charge is 0.250 e. The highest BCUT2D eigenvalue weighted by molar-refractivity contribution is 5.98. The van der Waals surface area contributed by atoms with Crippen molar-refractivity contribution in [2.24, 2.45) is 5.73 Å². The summed E-state index contributed by atoms with van der Waals surface area (Å²) in [6.07, 6.45) is 0. The van der Waals surface area contributed by atoms with Gasteiger partial charge in [-0.1, -0.05) is 12.1 Å². The summed E-state index contributed by atoms with van der Waals surface area (Å²) in [5.74, 6) is -0.185. The molecule has 0 saturated heterocycles. The first-order valence-corrected chi connectivity index (χ1v) is 6.18.